The largest absolute Gasteiger partial charge is 0.399 e. The van der Waals surface area contributed by atoms with Gasteiger partial charge in [-0.05, 0) is 35.7 Å². The van der Waals surface area contributed by atoms with Crippen molar-refractivity contribution in [3.63, 3.8) is 0 Å². The number of carbonyl (C=O) groups is 1. The Morgan fingerprint density at radius 1 is 1.19 bits per heavy atom. The van der Waals surface area contributed by atoms with E-state index in [4.69, 9.17) is 17.3 Å². The van der Waals surface area contributed by atoms with E-state index in [0.29, 0.717) is 24.4 Å². The van der Waals surface area contributed by atoms with Crippen molar-refractivity contribution >= 4 is 23.2 Å². The van der Waals surface area contributed by atoms with Crippen LogP contribution in [-0.4, -0.2) is 17.9 Å². The van der Waals surface area contributed by atoms with Crippen LogP contribution in [0.4, 0.5) is 5.69 Å². The summed E-state index contributed by atoms with van der Waals surface area (Å²) in [5, 5.41) is 0.688. The van der Waals surface area contributed by atoms with Gasteiger partial charge in [0.1, 0.15) is 0 Å². The lowest BCUT2D eigenvalue weighted by Gasteiger charge is -2.18. The standard InChI is InChI=1S/C17H19ClN2O/c1-20(12-14-6-2-3-8-16(14)18)17(21)10-9-13-5-4-7-15(19)11-13/h2-8,11H,9-10,12,19H2,1H3. The van der Waals surface area contributed by atoms with E-state index in [1.165, 1.54) is 0 Å². The van der Waals surface area contributed by atoms with Gasteiger partial charge in [0.05, 0.1) is 0 Å². The maximum atomic E-state index is 12.2. The van der Waals surface area contributed by atoms with Crippen molar-refractivity contribution in [2.24, 2.45) is 0 Å². The molecule has 0 heterocycles. The molecule has 0 aliphatic heterocycles. The number of nitrogen functional groups attached to an aromatic ring is 1. The molecule has 110 valence electrons. The van der Waals surface area contributed by atoms with Gasteiger partial charge in [0, 0.05) is 30.7 Å². The van der Waals surface area contributed by atoms with Crippen LogP contribution in [0.2, 0.25) is 5.02 Å². The van der Waals surface area contributed by atoms with Crippen molar-refractivity contribution in [2.45, 2.75) is 19.4 Å². The molecule has 0 bridgehead atoms. The van der Waals surface area contributed by atoms with Crippen LogP contribution >= 0.6 is 11.6 Å². The predicted octanol–water partition coefficient (Wildman–Crippen LogP) is 3.51. The molecule has 0 spiro atoms. The van der Waals surface area contributed by atoms with Gasteiger partial charge in [-0.15, -0.1) is 0 Å². The minimum Gasteiger partial charge on any atom is -0.399 e. The smallest absolute Gasteiger partial charge is 0.222 e. The summed E-state index contributed by atoms with van der Waals surface area (Å²) < 4.78 is 0. The van der Waals surface area contributed by atoms with E-state index in [0.717, 1.165) is 16.8 Å². The number of rotatable bonds is 5. The fraction of sp³-hybridized carbons (Fsp3) is 0.235. The van der Waals surface area contributed by atoms with Gasteiger partial charge in [0.15, 0.2) is 0 Å². The zero-order valence-corrected chi connectivity index (χ0v) is 12.8. The highest BCUT2D eigenvalue weighted by Gasteiger charge is 2.11. The van der Waals surface area contributed by atoms with E-state index in [-0.39, 0.29) is 5.91 Å². The van der Waals surface area contributed by atoms with Gasteiger partial charge < -0.3 is 10.6 Å². The second-order valence-electron chi connectivity index (χ2n) is 5.09. The molecule has 0 unspecified atom stereocenters. The molecule has 3 nitrogen and oxygen atoms in total. The molecule has 2 rings (SSSR count). The van der Waals surface area contributed by atoms with Crippen LogP contribution in [-0.2, 0) is 17.8 Å². The van der Waals surface area contributed by atoms with Gasteiger partial charge in [0.2, 0.25) is 5.91 Å². The number of nitrogens with two attached hydrogens (primary N) is 1. The monoisotopic (exact) mass is 302 g/mol. The maximum absolute atomic E-state index is 12.2. The number of carbonyl (C=O) groups excluding carboxylic acids is 1. The molecule has 21 heavy (non-hydrogen) atoms. The van der Waals surface area contributed by atoms with Gasteiger partial charge in [-0.3, -0.25) is 4.79 Å². The molecule has 0 aliphatic carbocycles. The molecule has 4 heteroatoms. The van der Waals surface area contributed by atoms with E-state index in [1.807, 2.05) is 48.5 Å². The van der Waals surface area contributed by atoms with Crippen LogP contribution in [0.15, 0.2) is 48.5 Å². The summed E-state index contributed by atoms with van der Waals surface area (Å²) >= 11 is 6.11. The zero-order valence-electron chi connectivity index (χ0n) is 12.1. The Morgan fingerprint density at radius 3 is 2.67 bits per heavy atom. The van der Waals surface area contributed by atoms with Gasteiger partial charge in [-0.25, -0.2) is 0 Å². The van der Waals surface area contributed by atoms with Gasteiger partial charge in [-0.2, -0.15) is 0 Å². The number of anilines is 1. The Bertz CT molecular complexity index is 628. The minimum atomic E-state index is 0.0948. The third-order valence-corrected chi connectivity index (χ3v) is 3.74. The van der Waals surface area contributed by atoms with Crippen molar-refractivity contribution < 1.29 is 4.79 Å². The molecule has 0 fully saturated rings. The number of nitrogens with zero attached hydrogens (tertiary/aromatic N) is 1. The average molecular weight is 303 g/mol. The summed E-state index contributed by atoms with van der Waals surface area (Å²) in [6, 6.07) is 15.2. The molecule has 0 radical (unpaired) electrons. The minimum absolute atomic E-state index is 0.0948. The first-order valence-electron chi connectivity index (χ1n) is 6.88. The van der Waals surface area contributed by atoms with Crippen LogP contribution in [0.1, 0.15) is 17.5 Å². The van der Waals surface area contributed by atoms with E-state index in [9.17, 15) is 4.79 Å². The average Bonchev–Trinajstić information content (AvgIpc) is 2.47. The van der Waals surface area contributed by atoms with E-state index < -0.39 is 0 Å². The number of hydrogen-bond acceptors (Lipinski definition) is 2. The summed E-state index contributed by atoms with van der Waals surface area (Å²) in [6.45, 7) is 0.523. The first kappa shape index (κ1) is 15.4. The fourth-order valence-corrected chi connectivity index (χ4v) is 2.36. The van der Waals surface area contributed by atoms with E-state index in [1.54, 1.807) is 11.9 Å². The quantitative estimate of drug-likeness (QED) is 0.859. The summed E-state index contributed by atoms with van der Waals surface area (Å²) in [6.07, 6.45) is 1.15. The number of hydrogen-bond donors (Lipinski definition) is 1. The highest BCUT2D eigenvalue weighted by Crippen LogP contribution is 2.17. The predicted molar refractivity (Wildman–Crippen MR) is 87.1 cm³/mol. The molecule has 0 atom stereocenters. The molecule has 0 aromatic heterocycles. The molecule has 0 saturated carbocycles. The number of halogens is 1. The lowest BCUT2D eigenvalue weighted by molar-refractivity contribution is -0.130. The normalized spacial score (nSPS) is 10.4. The van der Waals surface area contributed by atoms with Gasteiger partial charge >= 0.3 is 0 Å². The lowest BCUT2D eigenvalue weighted by atomic mass is 10.1. The number of aryl methyl sites for hydroxylation is 1. The highest BCUT2D eigenvalue weighted by molar-refractivity contribution is 6.31. The molecular weight excluding hydrogens is 284 g/mol. The van der Waals surface area contributed by atoms with Crippen molar-refractivity contribution in [2.75, 3.05) is 12.8 Å². The summed E-state index contributed by atoms with van der Waals surface area (Å²) in [5.74, 6) is 0.0948. The second kappa shape index (κ2) is 7.14. The van der Waals surface area contributed by atoms with Crippen LogP contribution in [0.25, 0.3) is 0 Å². The molecule has 2 aromatic rings. The zero-order chi connectivity index (χ0) is 15.2. The van der Waals surface area contributed by atoms with Crippen LogP contribution in [0.3, 0.4) is 0 Å². The Morgan fingerprint density at radius 2 is 1.95 bits per heavy atom. The van der Waals surface area contributed by atoms with Gasteiger partial charge in [0.25, 0.3) is 0 Å². The fourth-order valence-electron chi connectivity index (χ4n) is 2.16. The molecule has 2 aromatic carbocycles. The lowest BCUT2D eigenvalue weighted by Crippen LogP contribution is -2.26. The second-order valence-corrected chi connectivity index (χ2v) is 5.49. The summed E-state index contributed by atoms with van der Waals surface area (Å²) in [7, 11) is 1.80. The Kier molecular flexibility index (Phi) is 5.23. The maximum Gasteiger partial charge on any atom is 0.222 e. The summed E-state index contributed by atoms with van der Waals surface area (Å²) in [5.41, 5.74) is 8.50. The number of benzene rings is 2. The van der Waals surface area contributed by atoms with Crippen LogP contribution in [0.5, 0.6) is 0 Å². The van der Waals surface area contributed by atoms with Crippen molar-refractivity contribution in [1.29, 1.82) is 0 Å². The third kappa shape index (κ3) is 4.50. The van der Waals surface area contributed by atoms with Gasteiger partial charge in [-0.1, -0.05) is 41.9 Å². The summed E-state index contributed by atoms with van der Waals surface area (Å²) in [4.78, 5) is 13.9. The topological polar surface area (TPSA) is 46.3 Å². The van der Waals surface area contributed by atoms with Crippen LogP contribution in [0, 0.1) is 0 Å². The first-order valence-corrected chi connectivity index (χ1v) is 7.26. The van der Waals surface area contributed by atoms with E-state index in [2.05, 4.69) is 0 Å². The molecule has 1 amide bonds. The van der Waals surface area contributed by atoms with Crippen molar-refractivity contribution in [1.82, 2.24) is 4.90 Å². The highest BCUT2D eigenvalue weighted by atomic mass is 35.5. The third-order valence-electron chi connectivity index (χ3n) is 3.37. The van der Waals surface area contributed by atoms with Crippen molar-refractivity contribution in [3.8, 4) is 0 Å². The van der Waals surface area contributed by atoms with Crippen LogP contribution < -0.4 is 5.73 Å². The molecular formula is C17H19ClN2O. The van der Waals surface area contributed by atoms with E-state index >= 15 is 0 Å². The Balaban J connectivity index is 1.90. The SMILES string of the molecule is CN(Cc1ccccc1Cl)C(=O)CCc1cccc(N)c1. The Hall–Kier alpha value is -2.00. The Labute approximate surface area is 130 Å². The molecule has 0 aliphatic rings. The molecule has 0 saturated heterocycles. The number of amides is 1. The first-order chi connectivity index (χ1) is 10.1. The molecule has 2 N–H and O–H groups in total. The van der Waals surface area contributed by atoms with Crippen molar-refractivity contribution in [3.05, 3.63) is 64.7 Å².